The summed E-state index contributed by atoms with van der Waals surface area (Å²) in [6, 6.07) is 7.85. The second-order valence-electron chi connectivity index (χ2n) is 3.94. The van der Waals surface area contributed by atoms with E-state index in [1.807, 2.05) is 36.0 Å². The molecule has 100 valence electrons. The molecule has 18 heavy (non-hydrogen) atoms. The molecule has 0 radical (unpaired) electrons. The fraction of sp³-hybridized carbons (Fsp3) is 0.500. The van der Waals surface area contributed by atoms with Crippen LogP contribution in [0.2, 0.25) is 0 Å². The maximum Gasteiger partial charge on any atom is 0.251 e. The van der Waals surface area contributed by atoms with Crippen LogP contribution in [0.25, 0.3) is 0 Å². The molecule has 0 unspecified atom stereocenters. The van der Waals surface area contributed by atoms with Gasteiger partial charge in [-0.3, -0.25) is 4.79 Å². The molecular formula is C14H22N2OS. The number of likely N-dealkylation sites (N-methyl/N-ethyl adjacent to an activating group) is 1. The SMILES string of the molecule is CCNCCNC(=O)c1ccc(CSCC)cc1. The van der Waals surface area contributed by atoms with Gasteiger partial charge in [-0.25, -0.2) is 0 Å². The van der Waals surface area contributed by atoms with Gasteiger partial charge >= 0.3 is 0 Å². The van der Waals surface area contributed by atoms with Gasteiger partial charge < -0.3 is 10.6 Å². The predicted octanol–water partition coefficient (Wildman–Crippen LogP) is 2.28. The van der Waals surface area contributed by atoms with E-state index in [2.05, 4.69) is 24.5 Å². The fourth-order valence-corrected chi connectivity index (χ4v) is 2.15. The van der Waals surface area contributed by atoms with E-state index in [9.17, 15) is 4.79 Å². The van der Waals surface area contributed by atoms with Crippen molar-refractivity contribution in [2.45, 2.75) is 19.6 Å². The Kier molecular flexibility index (Phi) is 7.53. The highest BCUT2D eigenvalue weighted by Gasteiger charge is 2.04. The summed E-state index contributed by atoms with van der Waals surface area (Å²) in [6.45, 7) is 6.61. The topological polar surface area (TPSA) is 41.1 Å². The first-order valence-electron chi connectivity index (χ1n) is 6.43. The molecule has 0 aromatic heterocycles. The molecule has 4 heteroatoms. The lowest BCUT2D eigenvalue weighted by atomic mass is 10.1. The average Bonchev–Trinajstić information content (AvgIpc) is 2.41. The summed E-state index contributed by atoms with van der Waals surface area (Å²) in [4.78, 5) is 11.8. The number of carbonyl (C=O) groups is 1. The lowest BCUT2D eigenvalue weighted by molar-refractivity contribution is 0.0954. The van der Waals surface area contributed by atoms with Gasteiger partial charge in [0.05, 0.1) is 0 Å². The molecule has 0 saturated heterocycles. The predicted molar refractivity (Wildman–Crippen MR) is 79.2 cm³/mol. The Hall–Kier alpha value is -1.00. The van der Waals surface area contributed by atoms with Crippen LogP contribution in [0, 0.1) is 0 Å². The number of hydrogen-bond acceptors (Lipinski definition) is 3. The van der Waals surface area contributed by atoms with Crippen LogP contribution >= 0.6 is 11.8 Å². The Morgan fingerprint density at radius 2 is 1.89 bits per heavy atom. The van der Waals surface area contributed by atoms with Crippen molar-refractivity contribution < 1.29 is 4.79 Å². The molecule has 0 aliphatic rings. The van der Waals surface area contributed by atoms with Crippen molar-refractivity contribution in [3.8, 4) is 0 Å². The molecule has 0 bridgehead atoms. The van der Waals surface area contributed by atoms with Crippen LogP contribution in [0.3, 0.4) is 0 Å². The Morgan fingerprint density at radius 3 is 2.50 bits per heavy atom. The minimum atomic E-state index is 0.00241. The number of hydrogen-bond donors (Lipinski definition) is 2. The van der Waals surface area contributed by atoms with Gasteiger partial charge in [0.25, 0.3) is 5.91 Å². The monoisotopic (exact) mass is 266 g/mol. The van der Waals surface area contributed by atoms with E-state index in [-0.39, 0.29) is 5.91 Å². The van der Waals surface area contributed by atoms with Crippen molar-refractivity contribution in [1.29, 1.82) is 0 Å². The first-order valence-corrected chi connectivity index (χ1v) is 7.59. The number of benzene rings is 1. The molecule has 3 nitrogen and oxygen atoms in total. The van der Waals surface area contributed by atoms with Crippen LogP contribution in [-0.4, -0.2) is 31.3 Å². The van der Waals surface area contributed by atoms with Crippen molar-refractivity contribution in [3.63, 3.8) is 0 Å². The van der Waals surface area contributed by atoms with Crippen molar-refractivity contribution >= 4 is 17.7 Å². The highest BCUT2D eigenvalue weighted by Crippen LogP contribution is 2.12. The highest BCUT2D eigenvalue weighted by atomic mass is 32.2. The third-order valence-electron chi connectivity index (χ3n) is 2.53. The fourth-order valence-electron chi connectivity index (χ4n) is 1.52. The molecule has 1 aromatic carbocycles. The van der Waals surface area contributed by atoms with E-state index in [0.29, 0.717) is 6.54 Å². The van der Waals surface area contributed by atoms with Crippen LogP contribution in [0.1, 0.15) is 29.8 Å². The van der Waals surface area contributed by atoms with Crippen molar-refractivity contribution in [1.82, 2.24) is 10.6 Å². The molecule has 0 saturated carbocycles. The summed E-state index contributed by atoms with van der Waals surface area (Å²) in [5.41, 5.74) is 2.00. The van der Waals surface area contributed by atoms with Crippen LogP contribution in [-0.2, 0) is 5.75 Å². The van der Waals surface area contributed by atoms with E-state index < -0.39 is 0 Å². The second kappa shape index (κ2) is 9.00. The van der Waals surface area contributed by atoms with Gasteiger partial charge in [-0.1, -0.05) is 26.0 Å². The molecule has 1 rings (SSSR count). The standard InChI is InChI=1S/C14H22N2OS/c1-3-15-9-10-16-14(17)13-7-5-12(6-8-13)11-18-4-2/h5-8,15H,3-4,9-11H2,1-2H3,(H,16,17). The number of carbonyl (C=O) groups excluding carboxylic acids is 1. The Morgan fingerprint density at radius 1 is 1.17 bits per heavy atom. The molecule has 0 aliphatic carbocycles. The maximum absolute atomic E-state index is 11.8. The van der Waals surface area contributed by atoms with E-state index in [0.717, 1.165) is 30.2 Å². The van der Waals surface area contributed by atoms with Gasteiger partial charge in [-0.2, -0.15) is 11.8 Å². The minimum Gasteiger partial charge on any atom is -0.351 e. The molecular weight excluding hydrogens is 244 g/mol. The molecule has 0 aliphatic heterocycles. The molecule has 0 fully saturated rings. The number of rotatable bonds is 8. The van der Waals surface area contributed by atoms with E-state index in [1.54, 1.807) is 0 Å². The third kappa shape index (κ3) is 5.56. The van der Waals surface area contributed by atoms with Crippen LogP contribution < -0.4 is 10.6 Å². The van der Waals surface area contributed by atoms with E-state index in [4.69, 9.17) is 0 Å². The summed E-state index contributed by atoms with van der Waals surface area (Å²) in [7, 11) is 0. The zero-order valence-electron chi connectivity index (χ0n) is 11.2. The Labute approximate surface area is 114 Å². The minimum absolute atomic E-state index is 0.00241. The first kappa shape index (κ1) is 15.1. The highest BCUT2D eigenvalue weighted by molar-refractivity contribution is 7.98. The van der Waals surface area contributed by atoms with Gasteiger partial charge in [0.2, 0.25) is 0 Å². The van der Waals surface area contributed by atoms with Crippen LogP contribution in [0.15, 0.2) is 24.3 Å². The molecule has 2 N–H and O–H groups in total. The zero-order chi connectivity index (χ0) is 13.2. The average molecular weight is 266 g/mol. The maximum atomic E-state index is 11.8. The Balaban J connectivity index is 2.38. The summed E-state index contributed by atoms with van der Waals surface area (Å²) >= 11 is 1.89. The summed E-state index contributed by atoms with van der Waals surface area (Å²) in [5.74, 6) is 2.13. The number of nitrogens with one attached hydrogen (secondary N) is 2. The summed E-state index contributed by atoms with van der Waals surface area (Å²) in [5, 5.41) is 6.06. The Bertz CT molecular complexity index is 351. The van der Waals surface area contributed by atoms with E-state index >= 15 is 0 Å². The van der Waals surface area contributed by atoms with Crippen molar-refractivity contribution in [2.75, 3.05) is 25.4 Å². The van der Waals surface area contributed by atoms with Crippen LogP contribution in [0.5, 0.6) is 0 Å². The summed E-state index contributed by atoms with van der Waals surface area (Å²) < 4.78 is 0. The number of amides is 1. The van der Waals surface area contributed by atoms with Gasteiger partial charge in [0.1, 0.15) is 0 Å². The molecule has 1 aromatic rings. The molecule has 0 spiro atoms. The largest absolute Gasteiger partial charge is 0.351 e. The normalized spacial score (nSPS) is 10.3. The van der Waals surface area contributed by atoms with E-state index in [1.165, 1.54) is 5.56 Å². The molecule has 1 amide bonds. The molecule has 0 atom stereocenters. The van der Waals surface area contributed by atoms with Crippen molar-refractivity contribution in [3.05, 3.63) is 35.4 Å². The van der Waals surface area contributed by atoms with Crippen molar-refractivity contribution in [2.24, 2.45) is 0 Å². The third-order valence-corrected chi connectivity index (χ3v) is 3.47. The second-order valence-corrected chi connectivity index (χ2v) is 5.22. The van der Waals surface area contributed by atoms with Crippen LogP contribution in [0.4, 0.5) is 0 Å². The van der Waals surface area contributed by atoms with Gasteiger partial charge in [-0.05, 0) is 30.0 Å². The lowest BCUT2D eigenvalue weighted by Gasteiger charge is -2.06. The number of thioether (sulfide) groups is 1. The zero-order valence-corrected chi connectivity index (χ0v) is 12.0. The van der Waals surface area contributed by atoms with Gasteiger partial charge in [0.15, 0.2) is 0 Å². The first-order chi connectivity index (χ1) is 8.77. The lowest BCUT2D eigenvalue weighted by Crippen LogP contribution is -2.31. The summed E-state index contributed by atoms with van der Waals surface area (Å²) in [6.07, 6.45) is 0. The van der Waals surface area contributed by atoms with Gasteiger partial charge in [-0.15, -0.1) is 0 Å². The smallest absolute Gasteiger partial charge is 0.251 e. The quantitative estimate of drug-likeness (QED) is 0.709. The molecule has 0 heterocycles. The van der Waals surface area contributed by atoms with Gasteiger partial charge in [0, 0.05) is 24.4 Å².